The molecule has 2 heterocycles. The van der Waals surface area contributed by atoms with Crippen LogP contribution in [0.15, 0.2) is 51.5 Å². The van der Waals surface area contributed by atoms with Crippen LogP contribution in [0.2, 0.25) is 0 Å². The van der Waals surface area contributed by atoms with Crippen LogP contribution >= 0.6 is 15.9 Å². The summed E-state index contributed by atoms with van der Waals surface area (Å²) in [4.78, 5) is 4.39. The van der Waals surface area contributed by atoms with E-state index >= 15 is 0 Å². The van der Waals surface area contributed by atoms with Gasteiger partial charge in [-0.05, 0) is 46.6 Å². The maximum absolute atomic E-state index is 5.86. The molecule has 3 heteroatoms. The fraction of sp³-hybridized carbons (Fsp3) is 0.0714. The minimum atomic E-state index is 0.801. The number of aryl methyl sites for hydroxylation is 1. The molecule has 0 spiro atoms. The van der Waals surface area contributed by atoms with Gasteiger partial charge in [-0.1, -0.05) is 24.3 Å². The average molecular weight is 288 g/mol. The van der Waals surface area contributed by atoms with Crippen molar-refractivity contribution in [2.24, 2.45) is 0 Å². The first kappa shape index (κ1) is 10.5. The summed E-state index contributed by atoms with van der Waals surface area (Å²) < 4.78 is 6.67. The monoisotopic (exact) mass is 287 g/mol. The van der Waals surface area contributed by atoms with Crippen LogP contribution in [0, 0.1) is 6.92 Å². The quantitative estimate of drug-likeness (QED) is 0.613. The molecular formula is C14H10BrNO. The van der Waals surface area contributed by atoms with Crippen LogP contribution in [0.5, 0.6) is 0 Å². The molecule has 0 aliphatic rings. The number of furan rings is 1. The summed E-state index contributed by atoms with van der Waals surface area (Å²) in [6, 6.07) is 13.9. The number of benzene rings is 1. The third kappa shape index (κ3) is 1.87. The molecule has 0 unspecified atom stereocenters. The summed E-state index contributed by atoms with van der Waals surface area (Å²) in [7, 11) is 0. The molecular weight excluding hydrogens is 278 g/mol. The van der Waals surface area contributed by atoms with Crippen LogP contribution in [-0.4, -0.2) is 4.98 Å². The van der Waals surface area contributed by atoms with Crippen molar-refractivity contribution < 1.29 is 4.42 Å². The predicted molar refractivity (Wildman–Crippen MR) is 71.9 cm³/mol. The Bertz CT molecular complexity index is 688. The largest absolute Gasteiger partial charge is 0.454 e. The fourth-order valence-corrected chi connectivity index (χ4v) is 2.22. The highest BCUT2D eigenvalue weighted by Gasteiger charge is 2.08. The van der Waals surface area contributed by atoms with Gasteiger partial charge in [0.15, 0.2) is 5.76 Å². The lowest BCUT2D eigenvalue weighted by Crippen LogP contribution is -1.80. The smallest absolute Gasteiger partial charge is 0.153 e. The molecule has 3 rings (SSSR count). The highest BCUT2D eigenvalue weighted by molar-refractivity contribution is 9.10. The molecule has 0 bridgehead atoms. The van der Waals surface area contributed by atoms with Gasteiger partial charge in [0.05, 0.1) is 0 Å². The molecule has 0 aliphatic carbocycles. The van der Waals surface area contributed by atoms with Crippen LogP contribution < -0.4 is 0 Å². The highest BCUT2D eigenvalue weighted by atomic mass is 79.9. The van der Waals surface area contributed by atoms with E-state index in [0.717, 1.165) is 32.6 Å². The molecule has 17 heavy (non-hydrogen) atoms. The number of aromatic nitrogens is 1. The molecule has 84 valence electrons. The van der Waals surface area contributed by atoms with Crippen molar-refractivity contribution in [3.05, 3.63) is 52.6 Å². The summed E-state index contributed by atoms with van der Waals surface area (Å²) in [5, 5.41) is 1.11. The Hall–Kier alpha value is -1.61. The van der Waals surface area contributed by atoms with Crippen LogP contribution in [0.1, 0.15) is 5.56 Å². The van der Waals surface area contributed by atoms with Gasteiger partial charge in [0, 0.05) is 5.39 Å². The minimum Gasteiger partial charge on any atom is -0.454 e. The van der Waals surface area contributed by atoms with Crippen molar-refractivity contribution >= 4 is 26.9 Å². The van der Waals surface area contributed by atoms with Crippen LogP contribution in [0.4, 0.5) is 0 Å². The lowest BCUT2D eigenvalue weighted by atomic mass is 10.2. The van der Waals surface area contributed by atoms with E-state index in [2.05, 4.69) is 20.9 Å². The summed E-state index contributed by atoms with van der Waals surface area (Å²) in [6.07, 6.45) is 0. The summed E-state index contributed by atoms with van der Waals surface area (Å²) in [5.41, 5.74) is 2.92. The van der Waals surface area contributed by atoms with Crippen molar-refractivity contribution in [2.75, 3.05) is 0 Å². The number of hydrogen-bond donors (Lipinski definition) is 0. The third-order valence-corrected chi connectivity index (χ3v) is 3.15. The number of fused-ring (bicyclic) bond motifs is 1. The molecule has 0 atom stereocenters. The summed E-state index contributed by atoms with van der Waals surface area (Å²) >= 11 is 3.36. The number of pyridine rings is 1. The molecule has 0 amide bonds. The van der Waals surface area contributed by atoms with E-state index in [9.17, 15) is 0 Å². The van der Waals surface area contributed by atoms with Gasteiger partial charge in [-0.3, -0.25) is 0 Å². The van der Waals surface area contributed by atoms with Gasteiger partial charge in [0.1, 0.15) is 15.9 Å². The van der Waals surface area contributed by atoms with Gasteiger partial charge in [0.25, 0.3) is 0 Å². The second-order valence-electron chi connectivity index (χ2n) is 3.95. The van der Waals surface area contributed by atoms with E-state index in [1.807, 2.05) is 49.4 Å². The SMILES string of the molecule is Cc1cccc2cc(-c3cccc(Br)n3)oc12. The van der Waals surface area contributed by atoms with E-state index in [4.69, 9.17) is 4.42 Å². The van der Waals surface area contributed by atoms with E-state index in [0.29, 0.717) is 0 Å². The van der Waals surface area contributed by atoms with E-state index < -0.39 is 0 Å². The Balaban J connectivity index is 2.22. The molecule has 0 saturated heterocycles. The van der Waals surface area contributed by atoms with Gasteiger partial charge < -0.3 is 4.42 Å². The van der Waals surface area contributed by atoms with Crippen LogP contribution in [0.25, 0.3) is 22.4 Å². The van der Waals surface area contributed by atoms with Crippen LogP contribution in [0.3, 0.4) is 0 Å². The average Bonchev–Trinajstić information content (AvgIpc) is 2.74. The predicted octanol–water partition coefficient (Wildman–Crippen LogP) is 4.57. The highest BCUT2D eigenvalue weighted by Crippen LogP contribution is 2.29. The molecule has 3 aromatic rings. The molecule has 0 saturated carbocycles. The zero-order valence-electron chi connectivity index (χ0n) is 9.27. The first-order valence-corrected chi connectivity index (χ1v) is 6.15. The van der Waals surface area contributed by atoms with Crippen molar-refractivity contribution in [3.8, 4) is 11.5 Å². The van der Waals surface area contributed by atoms with E-state index in [1.54, 1.807) is 0 Å². The molecule has 0 N–H and O–H groups in total. The topological polar surface area (TPSA) is 26.0 Å². The molecule has 2 nitrogen and oxygen atoms in total. The van der Waals surface area contributed by atoms with Crippen molar-refractivity contribution in [3.63, 3.8) is 0 Å². The summed E-state index contributed by atoms with van der Waals surface area (Å²) in [6.45, 7) is 2.05. The Morgan fingerprint density at radius 2 is 1.94 bits per heavy atom. The van der Waals surface area contributed by atoms with Gasteiger partial charge in [-0.15, -0.1) is 0 Å². The first-order valence-electron chi connectivity index (χ1n) is 5.36. The van der Waals surface area contributed by atoms with Crippen molar-refractivity contribution in [1.82, 2.24) is 4.98 Å². The van der Waals surface area contributed by atoms with Crippen molar-refractivity contribution in [2.45, 2.75) is 6.92 Å². The minimum absolute atomic E-state index is 0.801. The Labute approximate surface area is 107 Å². The second-order valence-corrected chi connectivity index (χ2v) is 4.76. The van der Waals surface area contributed by atoms with E-state index in [-0.39, 0.29) is 0 Å². The number of rotatable bonds is 1. The zero-order valence-corrected chi connectivity index (χ0v) is 10.9. The molecule has 0 radical (unpaired) electrons. The maximum atomic E-state index is 5.86. The number of para-hydroxylation sites is 1. The fourth-order valence-electron chi connectivity index (χ4n) is 1.88. The standard InChI is InChI=1S/C14H10BrNO/c1-9-4-2-5-10-8-12(17-14(9)10)11-6-3-7-13(15)16-11/h2-8H,1H3. The Morgan fingerprint density at radius 1 is 1.12 bits per heavy atom. The third-order valence-electron chi connectivity index (χ3n) is 2.71. The molecule has 0 fully saturated rings. The van der Waals surface area contributed by atoms with Gasteiger partial charge in [-0.2, -0.15) is 0 Å². The molecule has 2 aromatic heterocycles. The lowest BCUT2D eigenvalue weighted by molar-refractivity contribution is 0.626. The maximum Gasteiger partial charge on any atom is 0.153 e. The second kappa shape index (κ2) is 4.00. The number of halogens is 1. The number of nitrogens with zero attached hydrogens (tertiary/aromatic N) is 1. The van der Waals surface area contributed by atoms with Crippen LogP contribution in [-0.2, 0) is 0 Å². The molecule has 1 aromatic carbocycles. The summed E-state index contributed by atoms with van der Waals surface area (Å²) in [5.74, 6) is 0.801. The Kier molecular flexibility index (Phi) is 2.48. The Morgan fingerprint density at radius 3 is 2.71 bits per heavy atom. The van der Waals surface area contributed by atoms with Gasteiger partial charge in [-0.25, -0.2) is 4.98 Å². The lowest BCUT2D eigenvalue weighted by Gasteiger charge is -1.96. The van der Waals surface area contributed by atoms with E-state index in [1.165, 1.54) is 0 Å². The van der Waals surface area contributed by atoms with Gasteiger partial charge in [0.2, 0.25) is 0 Å². The van der Waals surface area contributed by atoms with Gasteiger partial charge >= 0.3 is 0 Å². The zero-order chi connectivity index (χ0) is 11.8. The number of hydrogen-bond acceptors (Lipinski definition) is 2. The molecule has 0 aliphatic heterocycles. The first-order chi connectivity index (χ1) is 8.24. The van der Waals surface area contributed by atoms with Crippen molar-refractivity contribution in [1.29, 1.82) is 0 Å². The normalized spacial score (nSPS) is 10.9.